The lowest BCUT2D eigenvalue weighted by Crippen LogP contribution is -2.35. The zero-order valence-electron chi connectivity index (χ0n) is 9.80. The number of halogens is 2. The van der Waals surface area contributed by atoms with E-state index in [1.165, 1.54) is 12.1 Å². The molecule has 0 atom stereocenters. The van der Waals surface area contributed by atoms with Crippen molar-refractivity contribution in [3.05, 3.63) is 23.8 Å². The molecule has 0 aliphatic carbocycles. The average Bonchev–Trinajstić information content (AvgIpc) is 2.57. The molecule has 0 saturated heterocycles. The highest BCUT2D eigenvalue weighted by atomic mass is 19.2. The summed E-state index contributed by atoms with van der Waals surface area (Å²) in [7, 11) is 0. The molecule has 0 unspecified atom stereocenters. The number of benzene rings is 1. The molecule has 0 N–H and O–H groups in total. The molecular weight excluding hydrogens is 210 g/mol. The van der Waals surface area contributed by atoms with Crippen molar-refractivity contribution in [3.63, 3.8) is 0 Å². The van der Waals surface area contributed by atoms with E-state index in [9.17, 15) is 8.78 Å². The van der Waals surface area contributed by atoms with Gasteiger partial charge in [0.05, 0.1) is 18.0 Å². The molecule has 0 saturated carbocycles. The number of nitrogens with zero attached hydrogens (tertiary/aromatic N) is 2. The van der Waals surface area contributed by atoms with Gasteiger partial charge in [0.2, 0.25) is 0 Å². The Morgan fingerprint density at radius 3 is 2.25 bits per heavy atom. The molecule has 0 fully saturated rings. The van der Waals surface area contributed by atoms with Gasteiger partial charge >= 0.3 is 0 Å². The van der Waals surface area contributed by atoms with Crippen LogP contribution < -0.4 is 9.80 Å². The van der Waals surface area contributed by atoms with E-state index in [1.54, 1.807) is 0 Å². The molecule has 0 amide bonds. The molecule has 2 nitrogen and oxygen atoms in total. The summed E-state index contributed by atoms with van der Waals surface area (Å²) in [6.45, 7) is 7.59. The number of fused-ring (bicyclic) bond motifs is 1. The Balaban J connectivity index is 2.49. The third kappa shape index (κ3) is 1.62. The summed E-state index contributed by atoms with van der Waals surface area (Å²) in [5.41, 5.74) is 1.57. The Bertz CT molecular complexity index is 404. The van der Waals surface area contributed by atoms with Crippen LogP contribution in [0.5, 0.6) is 0 Å². The standard InChI is InChI=1S/C12H16F2N2/c1-4-15-7-16(8(2)3)12-6-10(14)9(13)5-11(12)15/h5-6,8H,4,7H2,1-3H3. The fraction of sp³-hybridized carbons (Fsp3) is 0.500. The van der Waals surface area contributed by atoms with E-state index in [0.717, 1.165) is 17.9 Å². The average molecular weight is 226 g/mol. The third-order valence-electron chi connectivity index (χ3n) is 3.00. The summed E-state index contributed by atoms with van der Waals surface area (Å²) in [5, 5.41) is 0. The number of hydrogen-bond acceptors (Lipinski definition) is 2. The first-order valence-corrected chi connectivity index (χ1v) is 5.55. The van der Waals surface area contributed by atoms with Crippen molar-refractivity contribution in [2.24, 2.45) is 0 Å². The van der Waals surface area contributed by atoms with Gasteiger partial charge in [0.15, 0.2) is 11.6 Å². The first-order chi connectivity index (χ1) is 7.54. The lowest BCUT2D eigenvalue weighted by Gasteiger charge is -2.24. The third-order valence-corrected chi connectivity index (χ3v) is 3.00. The van der Waals surface area contributed by atoms with Crippen molar-refractivity contribution in [1.82, 2.24) is 0 Å². The van der Waals surface area contributed by atoms with Crippen LogP contribution in [0.25, 0.3) is 0 Å². The summed E-state index contributed by atoms with van der Waals surface area (Å²) >= 11 is 0. The van der Waals surface area contributed by atoms with Gasteiger partial charge in [0, 0.05) is 24.7 Å². The molecule has 0 aromatic heterocycles. The van der Waals surface area contributed by atoms with Crippen LogP contribution in [0.15, 0.2) is 12.1 Å². The molecule has 4 heteroatoms. The molecule has 1 aromatic carbocycles. The molecule has 2 rings (SSSR count). The fourth-order valence-corrected chi connectivity index (χ4v) is 2.06. The van der Waals surface area contributed by atoms with Gasteiger partial charge in [0.25, 0.3) is 0 Å². The SMILES string of the molecule is CCN1CN(C(C)C)c2cc(F)c(F)cc21. The van der Waals surface area contributed by atoms with Crippen molar-refractivity contribution in [2.75, 3.05) is 23.0 Å². The van der Waals surface area contributed by atoms with Crippen LogP contribution in [-0.4, -0.2) is 19.3 Å². The second kappa shape index (κ2) is 3.92. The molecule has 1 heterocycles. The first kappa shape index (κ1) is 11.2. The van der Waals surface area contributed by atoms with Crippen LogP contribution >= 0.6 is 0 Å². The Morgan fingerprint density at radius 1 is 1.19 bits per heavy atom. The van der Waals surface area contributed by atoms with Gasteiger partial charge in [-0.1, -0.05) is 0 Å². The Kier molecular flexibility index (Phi) is 2.74. The van der Waals surface area contributed by atoms with Crippen molar-refractivity contribution >= 4 is 11.4 Å². The second-order valence-electron chi connectivity index (χ2n) is 4.32. The molecule has 0 radical (unpaired) electrons. The van der Waals surface area contributed by atoms with Gasteiger partial charge < -0.3 is 9.80 Å². The lowest BCUT2D eigenvalue weighted by molar-refractivity contribution is 0.509. The van der Waals surface area contributed by atoms with E-state index in [0.29, 0.717) is 6.67 Å². The van der Waals surface area contributed by atoms with Crippen LogP contribution in [-0.2, 0) is 0 Å². The Morgan fingerprint density at radius 2 is 1.75 bits per heavy atom. The predicted octanol–water partition coefficient (Wildman–Crippen LogP) is 2.98. The van der Waals surface area contributed by atoms with Crippen molar-refractivity contribution in [2.45, 2.75) is 26.8 Å². The quantitative estimate of drug-likeness (QED) is 0.765. The van der Waals surface area contributed by atoms with Crippen LogP contribution in [0.3, 0.4) is 0 Å². The molecule has 0 bridgehead atoms. The van der Waals surface area contributed by atoms with Gasteiger partial charge in [-0.15, -0.1) is 0 Å². The molecule has 1 aliphatic rings. The molecule has 1 aliphatic heterocycles. The zero-order valence-corrected chi connectivity index (χ0v) is 9.80. The molecular formula is C12H16F2N2. The monoisotopic (exact) mass is 226 g/mol. The highest BCUT2D eigenvalue weighted by molar-refractivity contribution is 5.76. The van der Waals surface area contributed by atoms with Gasteiger partial charge in [-0.25, -0.2) is 8.78 Å². The summed E-state index contributed by atoms with van der Waals surface area (Å²) in [6, 6.07) is 2.86. The summed E-state index contributed by atoms with van der Waals surface area (Å²) < 4.78 is 26.4. The van der Waals surface area contributed by atoms with E-state index in [4.69, 9.17) is 0 Å². The van der Waals surface area contributed by atoms with Gasteiger partial charge in [-0.05, 0) is 20.8 Å². The van der Waals surface area contributed by atoms with Crippen LogP contribution in [0.4, 0.5) is 20.2 Å². The maximum Gasteiger partial charge on any atom is 0.161 e. The summed E-state index contributed by atoms with van der Waals surface area (Å²) in [6.07, 6.45) is 0. The maximum absolute atomic E-state index is 13.2. The number of anilines is 2. The maximum atomic E-state index is 13.2. The minimum absolute atomic E-state index is 0.278. The molecule has 1 aromatic rings. The Labute approximate surface area is 94.5 Å². The highest BCUT2D eigenvalue weighted by Gasteiger charge is 2.28. The van der Waals surface area contributed by atoms with Crippen molar-refractivity contribution in [1.29, 1.82) is 0 Å². The second-order valence-corrected chi connectivity index (χ2v) is 4.32. The van der Waals surface area contributed by atoms with Gasteiger partial charge in [-0.2, -0.15) is 0 Å². The summed E-state index contributed by atoms with van der Waals surface area (Å²) in [4.78, 5) is 4.11. The van der Waals surface area contributed by atoms with E-state index in [1.807, 2.05) is 25.7 Å². The van der Waals surface area contributed by atoms with Crippen molar-refractivity contribution in [3.8, 4) is 0 Å². The van der Waals surface area contributed by atoms with E-state index in [-0.39, 0.29) is 6.04 Å². The molecule has 0 spiro atoms. The van der Waals surface area contributed by atoms with Crippen LogP contribution in [0, 0.1) is 11.6 Å². The number of rotatable bonds is 2. The predicted molar refractivity (Wildman–Crippen MR) is 61.9 cm³/mol. The smallest absolute Gasteiger partial charge is 0.161 e. The highest BCUT2D eigenvalue weighted by Crippen LogP contribution is 2.38. The Hall–Kier alpha value is -1.32. The van der Waals surface area contributed by atoms with E-state index >= 15 is 0 Å². The largest absolute Gasteiger partial charge is 0.352 e. The minimum Gasteiger partial charge on any atom is -0.352 e. The van der Waals surface area contributed by atoms with Crippen LogP contribution in [0.1, 0.15) is 20.8 Å². The normalized spacial score (nSPS) is 14.9. The van der Waals surface area contributed by atoms with E-state index < -0.39 is 11.6 Å². The fourth-order valence-electron chi connectivity index (χ4n) is 2.06. The van der Waals surface area contributed by atoms with E-state index in [2.05, 4.69) is 4.90 Å². The topological polar surface area (TPSA) is 6.48 Å². The summed E-state index contributed by atoms with van der Waals surface area (Å²) in [5.74, 6) is -1.55. The van der Waals surface area contributed by atoms with Crippen LogP contribution in [0.2, 0.25) is 0 Å². The number of hydrogen-bond donors (Lipinski definition) is 0. The minimum atomic E-state index is -0.776. The molecule has 88 valence electrons. The van der Waals surface area contributed by atoms with Crippen molar-refractivity contribution < 1.29 is 8.78 Å². The lowest BCUT2D eigenvalue weighted by atomic mass is 10.2. The van der Waals surface area contributed by atoms with Gasteiger partial charge in [-0.3, -0.25) is 0 Å². The molecule has 16 heavy (non-hydrogen) atoms. The zero-order chi connectivity index (χ0) is 11.9. The van der Waals surface area contributed by atoms with Gasteiger partial charge in [0.1, 0.15) is 0 Å². The first-order valence-electron chi connectivity index (χ1n) is 5.55.